The first-order chi connectivity index (χ1) is 5.90. The molecule has 1 amide bonds. The maximum atomic E-state index is 11.4. The fraction of sp³-hybridized carbons (Fsp3) is 0.500. The summed E-state index contributed by atoms with van der Waals surface area (Å²) in [7, 11) is 0. The lowest BCUT2D eigenvalue weighted by Crippen LogP contribution is -2.40. The van der Waals surface area contributed by atoms with Crippen molar-refractivity contribution < 1.29 is 9.90 Å². The molecule has 1 aromatic heterocycles. The van der Waals surface area contributed by atoms with E-state index in [2.05, 4.69) is 9.69 Å². The quantitative estimate of drug-likeness (QED) is 0.749. The third-order valence-corrected chi connectivity index (χ3v) is 1.88. The Morgan fingerprint density at radius 1 is 1.54 bits per heavy atom. The average molecular weight is 199 g/mol. The summed E-state index contributed by atoms with van der Waals surface area (Å²) >= 11 is 0.997. The first kappa shape index (κ1) is 9.98. The van der Waals surface area contributed by atoms with Gasteiger partial charge in [0, 0.05) is 10.9 Å². The topological polar surface area (TPSA) is 61.9 Å². The Kier molecular flexibility index (Phi) is 2.56. The molecular formula is C8H11N2O2S. The van der Waals surface area contributed by atoms with E-state index >= 15 is 0 Å². The summed E-state index contributed by atoms with van der Waals surface area (Å²) < 4.78 is 3.49. The molecule has 1 heterocycles. The van der Waals surface area contributed by atoms with Crippen LogP contribution in [-0.4, -0.2) is 15.8 Å². The second-order valence-corrected chi connectivity index (χ2v) is 4.37. The van der Waals surface area contributed by atoms with Crippen molar-refractivity contribution in [2.75, 3.05) is 0 Å². The molecule has 0 spiro atoms. The van der Waals surface area contributed by atoms with Gasteiger partial charge in [-0.15, -0.1) is 0 Å². The van der Waals surface area contributed by atoms with Gasteiger partial charge in [0.25, 0.3) is 11.8 Å². The van der Waals surface area contributed by atoms with Gasteiger partial charge in [-0.3, -0.25) is 9.90 Å². The van der Waals surface area contributed by atoms with E-state index < -0.39 is 5.88 Å². The maximum absolute atomic E-state index is 11.4. The van der Waals surface area contributed by atoms with Crippen LogP contribution >= 0.6 is 11.5 Å². The first-order valence-corrected chi connectivity index (χ1v) is 4.68. The Labute approximate surface area is 80.8 Å². The minimum atomic E-state index is -0.452. The summed E-state index contributed by atoms with van der Waals surface area (Å²) in [5.74, 6) is -0.807. The highest BCUT2D eigenvalue weighted by Gasteiger charge is 2.20. The van der Waals surface area contributed by atoms with Crippen molar-refractivity contribution in [3.8, 4) is 5.88 Å². The van der Waals surface area contributed by atoms with Gasteiger partial charge in [0.1, 0.15) is 5.56 Å². The van der Waals surface area contributed by atoms with Crippen molar-refractivity contribution in [1.29, 1.82) is 0 Å². The lowest BCUT2D eigenvalue weighted by molar-refractivity contribution is 0.0915. The number of carbonyl (C=O) groups excluding carboxylic acids is 1. The molecule has 0 saturated carbocycles. The third kappa shape index (κ3) is 2.69. The minimum Gasteiger partial charge on any atom is -0.347 e. The summed E-state index contributed by atoms with van der Waals surface area (Å²) in [4.78, 5) is 11.4. The molecule has 0 unspecified atom stereocenters. The molecule has 1 aromatic rings. The van der Waals surface area contributed by atoms with Gasteiger partial charge < -0.3 is 5.32 Å². The van der Waals surface area contributed by atoms with Crippen LogP contribution in [0.3, 0.4) is 0 Å². The molecule has 1 N–H and O–H groups in total. The van der Waals surface area contributed by atoms with Crippen molar-refractivity contribution in [1.82, 2.24) is 9.69 Å². The van der Waals surface area contributed by atoms with E-state index in [1.54, 1.807) is 0 Å². The second kappa shape index (κ2) is 3.33. The van der Waals surface area contributed by atoms with E-state index in [4.69, 9.17) is 0 Å². The van der Waals surface area contributed by atoms with Gasteiger partial charge in [-0.2, -0.15) is 4.37 Å². The lowest BCUT2D eigenvalue weighted by Gasteiger charge is -2.19. The molecule has 1 rings (SSSR count). The molecule has 0 saturated heterocycles. The molecule has 0 atom stereocenters. The molecular weight excluding hydrogens is 188 g/mol. The first-order valence-electron chi connectivity index (χ1n) is 3.84. The number of aromatic nitrogens is 1. The van der Waals surface area contributed by atoms with Gasteiger partial charge in [0.15, 0.2) is 0 Å². The predicted octanol–water partition coefficient (Wildman–Crippen LogP) is 1.82. The molecule has 0 aliphatic heterocycles. The third-order valence-electron chi connectivity index (χ3n) is 1.27. The zero-order valence-electron chi connectivity index (χ0n) is 7.75. The smallest absolute Gasteiger partial charge is 0.293 e. The predicted molar refractivity (Wildman–Crippen MR) is 49.5 cm³/mol. The van der Waals surface area contributed by atoms with Crippen LogP contribution in [0.4, 0.5) is 0 Å². The fourth-order valence-corrected chi connectivity index (χ4v) is 1.35. The normalized spacial score (nSPS) is 11.3. The molecule has 0 aromatic carbocycles. The molecule has 0 aliphatic carbocycles. The highest BCUT2D eigenvalue weighted by molar-refractivity contribution is 7.04. The molecule has 0 aliphatic rings. The largest absolute Gasteiger partial charge is 0.347 e. The highest BCUT2D eigenvalue weighted by atomic mass is 32.1. The summed E-state index contributed by atoms with van der Waals surface area (Å²) in [6, 6.07) is 0. The Bertz CT molecular complexity index is 314. The fourth-order valence-electron chi connectivity index (χ4n) is 0.785. The molecule has 5 heteroatoms. The molecule has 0 fully saturated rings. The summed E-state index contributed by atoms with van der Waals surface area (Å²) in [6.07, 6.45) is 0. The van der Waals surface area contributed by atoms with Crippen molar-refractivity contribution in [2.45, 2.75) is 26.3 Å². The Morgan fingerprint density at radius 3 is 2.54 bits per heavy atom. The summed E-state index contributed by atoms with van der Waals surface area (Å²) in [5.41, 5.74) is -0.203. The van der Waals surface area contributed by atoms with Crippen LogP contribution in [0.2, 0.25) is 0 Å². The number of hydrogen-bond donors (Lipinski definition) is 1. The molecule has 4 nitrogen and oxygen atoms in total. The number of carbonyl (C=O) groups is 1. The van der Waals surface area contributed by atoms with Crippen LogP contribution in [0, 0.1) is 0 Å². The number of nitrogens with zero attached hydrogens (tertiary/aromatic N) is 1. The lowest BCUT2D eigenvalue weighted by atomic mass is 10.1. The number of amides is 1. The van der Waals surface area contributed by atoms with Gasteiger partial charge in [-0.05, 0) is 32.3 Å². The maximum Gasteiger partial charge on any atom is 0.293 e. The van der Waals surface area contributed by atoms with E-state index in [0.29, 0.717) is 0 Å². The van der Waals surface area contributed by atoms with Gasteiger partial charge in [0.05, 0.1) is 0 Å². The minimum absolute atomic E-state index is 0.125. The van der Waals surface area contributed by atoms with Crippen LogP contribution in [0.5, 0.6) is 5.88 Å². The van der Waals surface area contributed by atoms with Gasteiger partial charge >= 0.3 is 0 Å². The zero-order valence-corrected chi connectivity index (χ0v) is 8.57. The summed E-state index contributed by atoms with van der Waals surface area (Å²) in [5, 5.41) is 15.1. The zero-order chi connectivity index (χ0) is 10.1. The van der Waals surface area contributed by atoms with Crippen LogP contribution in [0.25, 0.3) is 0 Å². The van der Waals surface area contributed by atoms with Gasteiger partial charge in [0.2, 0.25) is 0 Å². The number of nitrogens with one attached hydrogen (secondary N) is 1. The van der Waals surface area contributed by atoms with Gasteiger partial charge in [-0.25, -0.2) is 0 Å². The highest BCUT2D eigenvalue weighted by Crippen LogP contribution is 2.18. The van der Waals surface area contributed by atoms with E-state index in [0.717, 1.165) is 11.5 Å². The SMILES string of the molecule is CC(C)(C)NC(=O)c1csnc1[O]. The van der Waals surface area contributed by atoms with Crippen molar-refractivity contribution in [3.63, 3.8) is 0 Å². The average Bonchev–Trinajstić information content (AvgIpc) is 2.30. The monoisotopic (exact) mass is 199 g/mol. The van der Waals surface area contributed by atoms with Crippen LogP contribution in [0.15, 0.2) is 5.38 Å². The Hall–Kier alpha value is -1.10. The number of rotatable bonds is 1. The van der Waals surface area contributed by atoms with Crippen molar-refractivity contribution in [2.24, 2.45) is 0 Å². The van der Waals surface area contributed by atoms with Crippen LogP contribution < -0.4 is 5.32 Å². The van der Waals surface area contributed by atoms with E-state index in [-0.39, 0.29) is 17.0 Å². The molecule has 1 radical (unpaired) electrons. The Morgan fingerprint density at radius 2 is 2.15 bits per heavy atom. The van der Waals surface area contributed by atoms with Gasteiger partial charge in [-0.1, -0.05) is 0 Å². The Balaban J connectivity index is 2.76. The number of hydrogen-bond acceptors (Lipinski definition) is 3. The van der Waals surface area contributed by atoms with Crippen molar-refractivity contribution >= 4 is 17.4 Å². The second-order valence-electron chi connectivity index (χ2n) is 3.74. The molecule has 71 valence electrons. The molecule has 0 bridgehead atoms. The molecule has 13 heavy (non-hydrogen) atoms. The standard InChI is InChI=1S/C8H11N2O2S/c1-8(2,3)9-6(11)5-4-13-10-7(5)12/h4H,1-3H3,(H,9,11). The van der Waals surface area contributed by atoms with E-state index in [1.807, 2.05) is 20.8 Å². The summed E-state index contributed by atoms with van der Waals surface area (Å²) in [6.45, 7) is 5.57. The van der Waals surface area contributed by atoms with E-state index in [1.165, 1.54) is 5.38 Å². The van der Waals surface area contributed by atoms with Crippen LogP contribution in [0.1, 0.15) is 31.1 Å². The van der Waals surface area contributed by atoms with Crippen molar-refractivity contribution in [3.05, 3.63) is 10.9 Å². The van der Waals surface area contributed by atoms with Crippen LogP contribution in [-0.2, 0) is 5.11 Å². The van der Waals surface area contributed by atoms with E-state index in [9.17, 15) is 9.90 Å².